The second kappa shape index (κ2) is 8.01. The first-order valence-electron chi connectivity index (χ1n) is 7.49. The molecule has 5 nitrogen and oxygen atoms in total. The second-order valence-electron chi connectivity index (χ2n) is 5.24. The number of nitrogens with zero attached hydrogens (tertiary/aromatic N) is 1. The van der Waals surface area contributed by atoms with Gasteiger partial charge in [0.05, 0.1) is 26.9 Å². The number of para-hydroxylation sites is 1. The number of hydroxylamine groups is 1. The Morgan fingerprint density at radius 3 is 2.64 bits per heavy atom. The summed E-state index contributed by atoms with van der Waals surface area (Å²) >= 11 is 14.2. The van der Waals surface area contributed by atoms with E-state index in [4.69, 9.17) is 33.1 Å². The molecule has 0 unspecified atom stereocenters. The predicted octanol–water partition coefficient (Wildman–Crippen LogP) is 4.93. The number of halogens is 2. The standard InChI is InChI=1S/C17H14Cl2N2O3S/c18-11-8-10(17-20-13-4-1-2-5-14(13)25-17)9-12(19)16(11)24-7-3-6-15(22)21-23/h1-2,4-5,8-9,23H,3,6-7H2,(H,21,22). The highest BCUT2D eigenvalue weighted by Crippen LogP contribution is 2.39. The summed E-state index contributed by atoms with van der Waals surface area (Å²) in [6.07, 6.45) is 0.578. The van der Waals surface area contributed by atoms with E-state index in [1.165, 1.54) is 0 Å². The maximum atomic E-state index is 11.0. The number of fused-ring (bicyclic) bond motifs is 1. The first-order chi connectivity index (χ1) is 12.1. The zero-order valence-corrected chi connectivity index (χ0v) is 15.3. The van der Waals surface area contributed by atoms with Crippen molar-refractivity contribution in [3.63, 3.8) is 0 Å². The number of carbonyl (C=O) groups is 1. The highest BCUT2D eigenvalue weighted by Gasteiger charge is 2.14. The number of thiazole rings is 1. The van der Waals surface area contributed by atoms with E-state index >= 15 is 0 Å². The molecule has 0 fully saturated rings. The molecule has 1 aromatic heterocycles. The van der Waals surface area contributed by atoms with Crippen LogP contribution in [-0.2, 0) is 4.79 Å². The van der Waals surface area contributed by atoms with Crippen LogP contribution < -0.4 is 10.2 Å². The molecule has 0 saturated carbocycles. The van der Waals surface area contributed by atoms with Crippen molar-refractivity contribution in [3.8, 4) is 16.3 Å². The minimum absolute atomic E-state index is 0.148. The summed E-state index contributed by atoms with van der Waals surface area (Å²) in [4.78, 5) is 15.5. The monoisotopic (exact) mass is 396 g/mol. The Balaban J connectivity index is 1.76. The molecule has 3 aromatic rings. The number of benzene rings is 2. The van der Waals surface area contributed by atoms with Crippen molar-refractivity contribution >= 4 is 50.7 Å². The zero-order chi connectivity index (χ0) is 17.8. The molecule has 0 spiro atoms. The number of amides is 1. The first-order valence-corrected chi connectivity index (χ1v) is 9.06. The van der Waals surface area contributed by atoms with Crippen LogP contribution in [0.2, 0.25) is 10.0 Å². The Morgan fingerprint density at radius 1 is 1.24 bits per heavy atom. The third-order valence-corrected chi connectivity index (χ3v) is 5.11. The Morgan fingerprint density at radius 2 is 1.96 bits per heavy atom. The molecule has 0 radical (unpaired) electrons. The first kappa shape index (κ1) is 17.9. The average Bonchev–Trinajstić information content (AvgIpc) is 3.04. The highest BCUT2D eigenvalue weighted by molar-refractivity contribution is 7.21. The summed E-state index contributed by atoms with van der Waals surface area (Å²) in [5, 5.41) is 10.0. The van der Waals surface area contributed by atoms with Crippen molar-refractivity contribution in [2.45, 2.75) is 12.8 Å². The molecule has 0 bridgehead atoms. The fourth-order valence-corrected chi connectivity index (χ4v) is 3.83. The van der Waals surface area contributed by atoms with Gasteiger partial charge in [0.15, 0.2) is 5.75 Å². The van der Waals surface area contributed by atoms with Gasteiger partial charge in [-0.3, -0.25) is 10.0 Å². The van der Waals surface area contributed by atoms with E-state index in [1.54, 1.807) is 28.9 Å². The van der Waals surface area contributed by atoms with Crippen LogP contribution in [0.25, 0.3) is 20.8 Å². The number of carbonyl (C=O) groups excluding carboxylic acids is 1. The van der Waals surface area contributed by atoms with E-state index in [-0.39, 0.29) is 13.0 Å². The van der Waals surface area contributed by atoms with E-state index in [1.807, 2.05) is 24.3 Å². The zero-order valence-electron chi connectivity index (χ0n) is 13.0. The van der Waals surface area contributed by atoms with Gasteiger partial charge in [-0.2, -0.15) is 0 Å². The van der Waals surface area contributed by atoms with Crippen molar-refractivity contribution in [1.29, 1.82) is 0 Å². The predicted molar refractivity (Wildman–Crippen MR) is 99.7 cm³/mol. The highest BCUT2D eigenvalue weighted by atomic mass is 35.5. The lowest BCUT2D eigenvalue weighted by atomic mass is 10.2. The Bertz CT molecular complexity index is 858. The van der Waals surface area contributed by atoms with Gasteiger partial charge in [0.25, 0.3) is 0 Å². The molecule has 2 N–H and O–H groups in total. The third-order valence-electron chi connectivity index (χ3n) is 3.46. The van der Waals surface area contributed by atoms with Crippen molar-refractivity contribution in [2.24, 2.45) is 0 Å². The summed E-state index contributed by atoms with van der Waals surface area (Å²) in [5.41, 5.74) is 3.32. The van der Waals surface area contributed by atoms with Crippen LogP contribution in [-0.4, -0.2) is 22.7 Å². The maximum Gasteiger partial charge on any atom is 0.243 e. The van der Waals surface area contributed by atoms with Crippen molar-refractivity contribution < 1.29 is 14.7 Å². The lowest BCUT2D eigenvalue weighted by molar-refractivity contribution is -0.129. The Labute approximate surface area is 158 Å². The minimum Gasteiger partial charge on any atom is -0.490 e. The molecule has 130 valence electrons. The molecule has 2 aromatic carbocycles. The summed E-state index contributed by atoms with van der Waals surface area (Å²) < 4.78 is 6.66. The third kappa shape index (κ3) is 4.22. The van der Waals surface area contributed by atoms with Gasteiger partial charge in [0.2, 0.25) is 5.91 Å². The number of ether oxygens (including phenoxy) is 1. The molecule has 0 aliphatic carbocycles. The fourth-order valence-electron chi connectivity index (χ4n) is 2.28. The molecule has 25 heavy (non-hydrogen) atoms. The molecular formula is C17H14Cl2N2O3S. The summed E-state index contributed by atoms with van der Waals surface area (Å²) in [6, 6.07) is 11.4. The Hall–Kier alpha value is -1.86. The van der Waals surface area contributed by atoms with Crippen LogP contribution in [0.4, 0.5) is 0 Å². The number of nitrogens with one attached hydrogen (secondary N) is 1. The number of hydrogen-bond acceptors (Lipinski definition) is 5. The molecule has 0 atom stereocenters. The SMILES string of the molecule is O=C(CCCOc1c(Cl)cc(-c2nc3ccccc3s2)cc1Cl)NO. The second-order valence-corrected chi connectivity index (χ2v) is 7.09. The summed E-state index contributed by atoms with van der Waals surface area (Å²) in [5.74, 6) is -0.0930. The van der Waals surface area contributed by atoms with E-state index in [9.17, 15) is 4.79 Å². The minimum atomic E-state index is -0.466. The Kier molecular flexibility index (Phi) is 5.75. The molecule has 0 aliphatic rings. The average molecular weight is 397 g/mol. The van der Waals surface area contributed by atoms with Crippen molar-refractivity contribution in [3.05, 3.63) is 46.4 Å². The smallest absolute Gasteiger partial charge is 0.243 e. The number of rotatable bonds is 6. The van der Waals surface area contributed by atoms with Gasteiger partial charge in [-0.15, -0.1) is 11.3 Å². The van der Waals surface area contributed by atoms with Gasteiger partial charge in [0, 0.05) is 12.0 Å². The van der Waals surface area contributed by atoms with Gasteiger partial charge in [-0.05, 0) is 30.7 Å². The lowest BCUT2D eigenvalue weighted by Gasteiger charge is -2.11. The van der Waals surface area contributed by atoms with E-state index < -0.39 is 5.91 Å². The molecular weight excluding hydrogens is 383 g/mol. The van der Waals surface area contributed by atoms with E-state index in [2.05, 4.69) is 4.98 Å². The molecule has 0 aliphatic heterocycles. The van der Waals surface area contributed by atoms with Gasteiger partial charge in [-0.25, -0.2) is 10.5 Å². The number of aromatic nitrogens is 1. The lowest BCUT2D eigenvalue weighted by Crippen LogP contribution is -2.18. The molecule has 1 heterocycles. The van der Waals surface area contributed by atoms with E-state index in [0.29, 0.717) is 22.2 Å². The fraction of sp³-hybridized carbons (Fsp3) is 0.176. The van der Waals surface area contributed by atoms with Crippen LogP contribution >= 0.6 is 34.5 Å². The normalized spacial score (nSPS) is 10.8. The largest absolute Gasteiger partial charge is 0.490 e. The summed E-state index contributed by atoms with van der Waals surface area (Å²) in [6.45, 7) is 0.257. The molecule has 1 amide bonds. The number of hydrogen-bond donors (Lipinski definition) is 2. The van der Waals surface area contributed by atoms with Gasteiger partial charge >= 0.3 is 0 Å². The molecule has 0 saturated heterocycles. The molecule has 3 rings (SSSR count). The van der Waals surface area contributed by atoms with Crippen LogP contribution in [0.5, 0.6) is 5.75 Å². The van der Waals surface area contributed by atoms with Crippen LogP contribution in [0.3, 0.4) is 0 Å². The van der Waals surface area contributed by atoms with Gasteiger partial charge < -0.3 is 4.74 Å². The molecule has 8 heteroatoms. The van der Waals surface area contributed by atoms with E-state index in [0.717, 1.165) is 20.8 Å². The van der Waals surface area contributed by atoms with Crippen molar-refractivity contribution in [2.75, 3.05) is 6.61 Å². The topological polar surface area (TPSA) is 71.5 Å². The van der Waals surface area contributed by atoms with Gasteiger partial charge in [0.1, 0.15) is 5.01 Å². The quantitative estimate of drug-likeness (QED) is 0.351. The van der Waals surface area contributed by atoms with Gasteiger partial charge in [-0.1, -0.05) is 35.3 Å². The van der Waals surface area contributed by atoms with Crippen LogP contribution in [0, 0.1) is 0 Å². The van der Waals surface area contributed by atoms with Crippen LogP contribution in [0.15, 0.2) is 36.4 Å². The van der Waals surface area contributed by atoms with Crippen molar-refractivity contribution in [1.82, 2.24) is 10.5 Å². The summed E-state index contributed by atoms with van der Waals surface area (Å²) in [7, 11) is 0. The van der Waals surface area contributed by atoms with Crippen LogP contribution in [0.1, 0.15) is 12.8 Å². The maximum absolute atomic E-state index is 11.0.